The molecule has 1 aromatic carbocycles. The SMILES string of the molecule is Cc1cccc(C(=O)NCCn2ncc3c(N4CCCC4)nc(SC(C)C)nc32)c1. The van der Waals surface area contributed by atoms with E-state index in [1.165, 1.54) is 12.8 Å². The zero-order valence-electron chi connectivity index (χ0n) is 17.8. The first-order valence-electron chi connectivity index (χ1n) is 10.5. The lowest BCUT2D eigenvalue weighted by molar-refractivity contribution is 0.0952. The summed E-state index contributed by atoms with van der Waals surface area (Å²) in [6.45, 7) is 9.36. The van der Waals surface area contributed by atoms with Crippen molar-refractivity contribution in [3.63, 3.8) is 0 Å². The van der Waals surface area contributed by atoms with Crippen molar-refractivity contribution in [3.05, 3.63) is 41.6 Å². The first-order chi connectivity index (χ1) is 14.5. The van der Waals surface area contributed by atoms with Crippen LogP contribution in [0, 0.1) is 6.92 Å². The number of hydrogen-bond donors (Lipinski definition) is 1. The van der Waals surface area contributed by atoms with Crippen LogP contribution in [0.5, 0.6) is 0 Å². The predicted octanol–water partition coefficient (Wildman–Crippen LogP) is 3.67. The molecular formula is C22H28N6OS. The summed E-state index contributed by atoms with van der Waals surface area (Å²) in [7, 11) is 0. The summed E-state index contributed by atoms with van der Waals surface area (Å²) in [5.74, 6) is 0.911. The number of carbonyl (C=O) groups is 1. The molecular weight excluding hydrogens is 396 g/mol. The monoisotopic (exact) mass is 424 g/mol. The van der Waals surface area contributed by atoms with Crippen LogP contribution in [0.4, 0.5) is 5.82 Å². The van der Waals surface area contributed by atoms with E-state index in [-0.39, 0.29) is 5.91 Å². The molecule has 0 saturated carbocycles. The Morgan fingerprint density at radius 2 is 2.03 bits per heavy atom. The molecule has 1 amide bonds. The number of amides is 1. The fraction of sp³-hybridized carbons (Fsp3) is 0.455. The van der Waals surface area contributed by atoms with Crippen LogP contribution in [0.15, 0.2) is 35.6 Å². The van der Waals surface area contributed by atoms with Gasteiger partial charge in [-0.25, -0.2) is 14.6 Å². The Bertz CT molecular complexity index is 1040. The number of aryl methyl sites for hydroxylation is 1. The first kappa shape index (κ1) is 20.7. The summed E-state index contributed by atoms with van der Waals surface area (Å²) >= 11 is 1.67. The third-order valence-corrected chi connectivity index (χ3v) is 5.96. The summed E-state index contributed by atoms with van der Waals surface area (Å²) in [6.07, 6.45) is 4.24. The summed E-state index contributed by atoms with van der Waals surface area (Å²) in [5.41, 5.74) is 2.58. The smallest absolute Gasteiger partial charge is 0.251 e. The zero-order chi connectivity index (χ0) is 21.1. The summed E-state index contributed by atoms with van der Waals surface area (Å²) in [4.78, 5) is 24.4. The Labute approximate surface area is 181 Å². The van der Waals surface area contributed by atoms with Crippen molar-refractivity contribution in [2.24, 2.45) is 0 Å². The average Bonchev–Trinajstić information content (AvgIpc) is 3.37. The number of rotatable bonds is 7. The van der Waals surface area contributed by atoms with Crippen LogP contribution >= 0.6 is 11.8 Å². The number of thioether (sulfide) groups is 1. The minimum absolute atomic E-state index is 0.0707. The third-order valence-electron chi connectivity index (χ3n) is 5.09. The molecule has 0 atom stereocenters. The van der Waals surface area contributed by atoms with Crippen LogP contribution in [0.25, 0.3) is 11.0 Å². The van der Waals surface area contributed by atoms with Gasteiger partial charge in [0.1, 0.15) is 5.82 Å². The molecule has 0 radical (unpaired) electrons. The maximum Gasteiger partial charge on any atom is 0.251 e. The minimum atomic E-state index is -0.0707. The predicted molar refractivity (Wildman–Crippen MR) is 121 cm³/mol. The second-order valence-corrected chi connectivity index (χ2v) is 9.46. The second-order valence-electron chi connectivity index (χ2n) is 7.92. The number of hydrogen-bond acceptors (Lipinski definition) is 6. The zero-order valence-corrected chi connectivity index (χ0v) is 18.6. The van der Waals surface area contributed by atoms with Gasteiger partial charge in [-0.15, -0.1) is 0 Å². The molecule has 4 rings (SSSR count). The Balaban J connectivity index is 1.53. The second kappa shape index (κ2) is 9.04. The van der Waals surface area contributed by atoms with Crippen LogP contribution in [0.1, 0.15) is 42.6 Å². The van der Waals surface area contributed by atoms with Crippen molar-refractivity contribution in [3.8, 4) is 0 Å². The summed E-state index contributed by atoms with van der Waals surface area (Å²) < 4.78 is 1.87. The van der Waals surface area contributed by atoms with E-state index < -0.39 is 0 Å². The molecule has 3 aromatic rings. The number of nitrogens with one attached hydrogen (secondary N) is 1. The van der Waals surface area contributed by atoms with E-state index in [2.05, 4.69) is 29.2 Å². The molecule has 0 bridgehead atoms. The quantitative estimate of drug-likeness (QED) is 0.461. The molecule has 0 spiro atoms. The highest BCUT2D eigenvalue weighted by Crippen LogP contribution is 2.30. The Hall–Kier alpha value is -2.61. The molecule has 1 N–H and O–H groups in total. The third kappa shape index (κ3) is 4.59. The highest BCUT2D eigenvalue weighted by molar-refractivity contribution is 7.99. The molecule has 8 heteroatoms. The van der Waals surface area contributed by atoms with Crippen LogP contribution in [-0.4, -0.2) is 50.5 Å². The van der Waals surface area contributed by atoms with Gasteiger partial charge in [-0.1, -0.05) is 43.3 Å². The minimum Gasteiger partial charge on any atom is -0.356 e. The molecule has 158 valence electrons. The van der Waals surface area contributed by atoms with E-state index in [4.69, 9.17) is 9.97 Å². The molecule has 1 fully saturated rings. The molecule has 1 aliphatic rings. The van der Waals surface area contributed by atoms with Gasteiger partial charge in [0, 0.05) is 30.4 Å². The van der Waals surface area contributed by atoms with Crippen molar-refractivity contribution in [2.45, 2.75) is 50.6 Å². The molecule has 7 nitrogen and oxygen atoms in total. The molecule has 30 heavy (non-hydrogen) atoms. The maximum absolute atomic E-state index is 12.4. The van der Waals surface area contributed by atoms with E-state index >= 15 is 0 Å². The van der Waals surface area contributed by atoms with E-state index in [0.717, 1.165) is 40.7 Å². The van der Waals surface area contributed by atoms with Gasteiger partial charge in [-0.2, -0.15) is 5.10 Å². The molecule has 2 aromatic heterocycles. The van der Waals surface area contributed by atoms with E-state index in [9.17, 15) is 4.79 Å². The average molecular weight is 425 g/mol. The fourth-order valence-corrected chi connectivity index (χ4v) is 4.38. The fourth-order valence-electron chi connectivity index (χ4n) is 3.68. The topological polar surface area (TPSA) is 75.9 Å². The number of benzene rings is 1. The lowest BCUT2D eigenvalue weighted by Crippen LogP contribution is -2.27. The molecule has 1 aliphatic heterocycles. The van der Waals surface area contributed by atoms with Crippen LogP contribution in [0.3, 0.4) is 0 Å². The number of carbonyl (C=O) groups excluding carboxylic acids is 1. The number of anilines is 1. The maximum atomic E-state index is 12.4. The highest BCUT2D eigenvalue weighted by atomic mass is 32.2. The number of nitrogens with zero attached hydrogens (tertiary/aromatic N) is 5. The van der Waals surface area contributed by atoms with Gasteiger partial charge < -0.3 is 10.2 Å². The van der Waals surface area contributed by atoms with Gasteiger partial charge in [0.25, 0.3) is 5.91 Å². The van der Waals surface area contributed by atoms with Gasteiger partial charge in [0.15, 0.2) is 10.8 Å². The van der Waals surface area contributed by atoms with E-state index in [1.54, 1.807) is 11.8 Å². The largest absolute Gasteiger partial charge is 0.356 e. The van der Waals surface area contributed by atoms with Crippen molar-refractivity contribution in [2.75, 3.05) is 24.5 Å². The van der Waals surface area contributed by atoms with Crippen molar-refractivity contribution in [1.29, 1.82) is 0 Å². The van der Waals surface area contributed by atoms with Crippen molar-refractivity contribution >= 4 is 34.5 Å². The van der Waals surface area contributed by atoms with Crippen molar-refractivity contribution in [1.82, 2.24) is 25.1 Å². The lowest BCUT2D eigenvalue weighted by atomic mass is 10.1. The Morgan fingerprint density at radius 3 is 2.77 bits per heavy atom. The van der Waals surface area contributed by atoms with Gasteiger partial charge in [-0.05, 0) is 31.9 Å². The number of aromatic nitrogens is 4. The Morgan fingerprint density at radius 1 is 1.23 bits per heavy atom. The van der Waals surface area contributed by atoms with Crippen LogP contribution in [0.2, 0.25) is 0 Å². The summed E-state index contributed by atoms with van der Waals surface area (Å²) in [5, 5.41) is 9.71. The van der Waals surface area contributed by atoms with Crippen LogP contribution < -0.4 is 10.2 Å². The molecule has 0 unspecified atom stereocenters. The standard InChI is InChI=1S/C22H28N6OS/c1-15(2)30-22-25-19(27-10-4-5-11-27)18-14-24-28(20(18)26-22)12-9-23-21(29)17-8-6-7-16(3)13-17/h6-8,13-15H,4-5,9-12H2,1-3H3,(H,23,29). The molecule has 1 saturated heterocycles. The first-order valence-corrected chi connectivity index (χ1v) is 11.4. The van der Waals surface area contributed by atoms with Gasteiger partial charge in [-0.3, -0.25) is 4.79 Å². The van der Waals surface area contributed by atoms with Crippen LogP contribution in [-0.2, 0) is 6.54 Å². The normalized spacial score (nSPS) is 14.1. The van der Waals surface area contributed by atoms with E-state index in [0.29, 0.717) is 23.9 Å². The highest BCUT2D eigenvalue weighted by Gasteiger charge is 2.21. The van der Waals surface area contributed by atoms with Crippen molar-refractivity contribution < 1.29 is 4.79 Å². The molecule has 0 aliphatic carbocycles. The van der Waals surface area contributed by atoms with E-state index in [1.807, 2.05) is 42.1 Å². The lowest BCUT2D eigenvalue weighted by Gasteiger charge is -2.18. The van der Waals surface area contributed by atoms with Gasteiger partial charge in [0.2, 0.25) is 0 Å². The van der Waals surface area contributed by atoms with Gasteiger partial charge >= 0.3 is 0 Å². The number of fused-ring (bicyclic) bond motifs is 1. The van der Waals surface area contributed by atoms with Gasteiger partial charge in [0.05, 0.1) is 18.1 Å². The summed E-state index contributed by atoms with van der Waals surface area (Å²) in [6, 6.07) is 7.60. The molecule has 3 heterocycles. The Kier molecular flexibility index (Phi) is 6.22.